The Morgan fingerprint density at radius 2 is 1.53 bits per heavy atom. The second kappa shape index (κ2) is 10.3. The van der Waals surface area contributed by atoms with Gasteiger partial charge in [-0.2, -0.15) is 0 Å². The summed E-state index contributed by atoms with van der Waals surface area (Å²) in [6.45, 7) is 5.63. The number of carboxylic acid groups (broad SMARTS) is 2. The highest BCUT2D eigenvalue weighted by Crippen LogP contribution is 2.29. The van der Waals surface area contributed by atoms with Crippen LogP contribution in [-0.4, -0.2) is 38.3 Å². The van der Waals surface area contributed by atoms with Crippen LogP contribution in [0, 0.1) is 13.8 Å². The molecule has 32 heavy (non-hydrogen) atoms. The van der Waals surface area contributed by atoms with Crippen LogP contribution in [0.3, 0.4) is 0 Å². The van der Waals surface area contributed by atoms with Crippen LogP contribution in [0.25, 0.3) is 22.2 Å². The van der Waals surface area contributed by atoms with Crippen LogP contribution in [0.2, 0.25) is 0 Å². The maximum Gasteiger partial charge on any atom is 0.414 e. The van der Waals surface area contributed by atoms with Crippen molar-refractivity contribution < 1.29 is 24.5 Å². The highest BCUT2D eigenvalue weighted by Gasteiger charge is 2.08. The zero-order valence-electron chi connectivity index (χ0n) is 17.9. The zero-order chi connectivity index (χ0) is 23.1. The lowest BCUT2D eigenvalue weighted by Crippen LogP contribution is -2.09. The molecule has 0 aliphatic heterocycles. The molecule has 0 aliphatic rings. The number of benzene rings is 3. The minimum atomic E-state index is -1.82. The molecule has 0 amide bonds. The van der Waals surface area contributed by atoms with Gasteiger partial charge in [-0.3, -0.25) is 0 Å². The molecule has 2 N–H and O–H groups in total. The van der Waals surface area contributed by atoms with E-state index in [-0.39, 0.29) is 0 Å². The van der Waals surface area contributed by atoms with E-state index in [4.69, 9.17) is 24.5 Å². The van der Waals surface area contributed by atoms with Crippen LogP contribution in [0.1, 0.15) is 11.1 Å². The van der Waals surface area contributed by atoms with Gasteiger partial charge in [0.15, 0.2) is 0 Å². The number of hydrogen-bond donors (Lipinski definition) is 2. The number of rotatable bonds is 5. The number of aliphatic carboxylic acids is 2. The van der Waals surface area contributed by atoms with Gasteiger partial charge in [0.25, 0.3) is 0 Å². The van der Waals surface area contributed by atoms with Gasteiger partial charge in [0, 0.05) is 5.56 Å². The Kier molecular flexibility index (Phi) is 7.23. The topological polar surface area (TPSA) is 102 Å². The molecule has 0 bridgehead atoms. The van der Waals surface area contributed by atoms with E-state index < -0.39 is 11.9 Å². The predicted molar refractivity (Wildman–Crippen MR) is 122 cm³/mol. The minimum absolute atomic E-state index is 0.599. The second-order valence-electron chi connectivity index (χ2n) is 7.18. The van der Waals surface area contributed by atoms with Gasteiger partial charge in [0.2, 0.25) is 0 Å². The van der Waals surface area contributed by atoms with Crippen LogP contribution in [-0.2, 0) is 16.1 Å². The van der Waals surface area contributed by atoms with Crippen LogP contribution < -0.4 is 4.74 Å². The zero-order valence-corrected chi connectivity index (χ0v) is 17.9. The van der Waals surface area contributed by atoms with Crippen molar-refractivity contribution in [1.82, 2.24) is 9.55 Å². The number of carboxylic acids is 2. The van der Waals surface area contributed by atoms with Crippen molar-refractivity contribution in [3.05, 3.63) is 84.2 Å². The molecule has 0 radical (unpaired) electrons. The second-order valence-corrected chi connectivity index (χ2v) is 7.18. The van der Waals surface area contributed by atoms with E-state index in [2.05, 4.69) is 53.7 Å². The summed E-state index contributed by atoms with van der Waals surface area (Å²) in [5.41, 5.74) is 7.05. The molecule has 0 spiro atoms. The summed E-state index contributed by atoms with van der Waals surface area (Å²) in [7, 11) is 0. The molecule has 0 atom stereocenters. The first kappa shape index (κ1) is 22.6. The molecule has 4 rings (SSSR count). The third-order valence-electron chi connectivity index (χ3n) is 4.98. The van der Waals surface area contributed by atoms with Crippen molar-refractivity contribution in [3.8, 4) is 16.9 Å². The maximum absolute atomic E-state index is 9.10. The molecular formula is C25H24N2O5. The fraction of sp³-hybridized carbons (Fsp3) is 0.160. The molecule has 164 valence electrons. The fourth-order valence-corrected chi connectivity index (χ4v) is 3.19. The van der Waals surface area contributed by atoms with E-state index in [9.17, 15) is 0 Å². The van der Waals surface area contributed by atoms with E-state index in [0.717, 1.165) is 28.9 Å². The van der Waals surface area contributed by atoms with Crippen LogP contribution in [0.4, 0.5) is 0 Å². The van der Waals surface area contributed by atoms with Crippen molar-refractivity contribution in [2.24, 2.45) is 0 Å². The highest BCUT2D eigenvalue weighted by molar-refractivity contribution is 6.27. The summed E-state index contributed by atoms with van der Waals surface area (Å²) >= 11 is 0. The van der Waals surface area contributed by atoms with Gasteiger partial charge in [-0.15, -0.1) is 0 Å². The van der Waals surface area contributed by atoms with Crippen LogP contribution in [0.5, 0.6) is 5.75 Å². The molecule has 1 heterocycles. The molecule has 0 saturated heterocycles. The number of imidazole rings is 1. The molecule has 4 aromatic rings. The lowest BCUT2D eigenvalue weighted by molar-refractivity contribution is -0.159. The van der Waals surface area contributed by atoms with Gasteiger partial charge in [-0.05, 0) is 48.7 Å². The van der Waals surface area contributed by atoms with Crippen molar-refractivity contribution >= 4 is 23.0 Å². The average molecular weight is 432 g/mol. The summed E-state index contributed by atoms with van der Waals surface area (Å²) in [5.74, 6) is -2.74. The van der Waals surface area contributed by atoms with Gasteiger partial charge in [0.1, 0.15) is 12.4 Å². The van der Waals surface area contributed by atoms with E-state index in [1.165, 1.54) is 16.7 Å². The molecule has 7 nitrogen and oxygen atoms in total. The van der Waals surface area contributed by atoms with Crippen molar-refractivity contribution in [3.63, 3.8) is 0 Å². The third kappa shape index (κ3) is 5.51. The standard InChI is InChI=1S/C23H22N2O.C2H2O4/c1-17-14-21-22(15-18(17)2)25(16-24-21)12-13-26-23-11-7-6-10-20(23)19-8-4-3-5-9-19;3-1(4)2(5)6/h3-11,14-16H,12-13H2,1-2H3;(H,3,4)(H,5,6). The molecule has 7 heteroatoms. The third-order valence-corrected chi connectivity index (χ3v) is 4.98. The summed E-state index contributed by atoms with van der Waals surface area (Å²) in [6, 6.07) is 22.9. The smallest absolute Gasteiger partial charge is 0.414 e. The summed E-state index contributed by atoms with van der Waals surface area (Å²) < 4.78 is 8.28. The van der Waals surface area contributed by atoms with Crippen molar-refractivity contribution in [2.45, 2.75) is 20.4 Å². The molecule has 1 aromatic heterocycles. The van der Waals surface area contributed by atoms with E-state index >= 15 is 0 Å². The molecule has 3 aromatic carbocycles. The predicted octanol–water partition coefficient (Wildman–Crippen LogP) is 4.55. The number of ether oxygens (including phenoxy) is 1. The summed E-state index contributed by atoms with van der Waals surface area (Å²) in [6.07, 6.45) is 1.90. The quantitative estimate of drug-likeness (QED) is 0.449. The molecule has 0 aliphatic carbocycles. The summed E-state index contributed by atoms with van der Waals surface area (Å²) in [5, 5.41) is 14.8. The first-order chi connectivity index (χ1) is 15.4. The lowest BCUT2D eigenvalue weighted by Gasteiger charge is -2.12. The SMILES string of the molecule is Cc1cc2ncn(CCOc3ccccc3-c3ccccc3)c2cc1C.O=C(O)C(=O)O. The number of carbonyl (C=O) groups is 2. The van der Waals surface area contributed by atoms with Crippen LogP contribution in [0.15, 0.2) is 73.1 Å². The normalized spacial score (nSPS) is 10.3. The van der Waals surface area contributed by atoms with Crippen molar-refractivity contribution in [2.75, 3.05) is 6.61 Å². The molecule has 0 saturated carbocycles. The lowest BCUT2D eigenvalue weighted by atomic mass is 10.1. The van der Waals surface area contributed by atoms with Gasteiger partial charge in [-0.25, -0.2) is 14.6 Å². The molecule has 0 fully saturated rings. The Bertz CT molecular complexity index is 1220. The first-order valence-electron chi connectivity index (χ1n) is 10.0. The van der Waals surface area contributed by atoms with Gasteiger partial charge >= 0.3 is 11.9 Å². The Morgan fingerprint density at radius 3 is 2.22 bits per heavy atom. The number of nitrogens with zero attached hydrogens (tertiary/aromatic N) is 2. The Morgan fingerprint density at radius 1 is 0.906 bits per heavy atom. The van der Waals surface area contributed by atoms with Crippen molar-refractivity contribution in [1.29, 1.82) is 0 Å². The first-order valence-corrected chi connectivity index (χ1v) is 10.0. The highest BCUT2D eigenvalue weighted by atomic mass is 16.5. The Labute approximate surface area is 185 Å². The Balaban J connectivity index is 0.000000427. The number of para-hydroxylation sites is 1. The van der Waals surface area contributed by atoms with Gasteiger partial charge < -0.3 is 19.5 Å². The maximum atomic E-state index is 9.10. The fourth-order valence-electron chi connectivity index (χ4n) is 3.19. The van der Waals surface area contributed by atoms with E-state index in [1.54, 1.807) is 0 Å². The molecule has 0 unspecified atom stereocenters. The van der Waals surface area contributed by atoms with Gasteiger partial charge in [0.05, 0.1) is 23.9 Å². The van der Waals surface area contributed by atoms with Gasteiger partial charge in [-0.1, -0.05) is 48.5 Å². The largest absolute Gasteiger partial charge is 0.491 e. The number of aromatic nitrogens is 2. The number of fused-ring (bicyclic) bond motifs is 1. The number of aryl methyl sites for hydroxylation is 2. The Hall–Kier alpha value is -4.13. The average Bonchev–Trinajstić information content (AvgIpc) is 3.17. The minimum Gasteiger partial charge on any atom is -0.491 e. The summed E-state index contributed by atoms with van der Waals surface area (Å²) in [4.78, 5) is 22.7. The van der Waals surface area contributed by atoms with Crippen LogP contribution >= 0.6 is 0 Å². The number of hydrogen-bond acceptors (Lipinski definition) is 4. The van der Waals surface area contributed by atoms with E-state index in [1.807, 2.05) is 42.7 Å². The van der Waals surface area contributed by atoms with E-state index in [0.29, 0.717) is 6.61 Å². The molecular weight excluding hydrogens is 408 g/mol. The monoisotopic (exact) mass is 432 g/mol.